The van der Waals surface area contributed by atoms with E-state index in [4.69, 9.17) is 0 Å². The van der Waals surface area contributed by atoms with E-state index >= 15 is 0 Å². The van der Waals surface area contributed by atoms with Crippen LogP contribution in [0.3, 0.4) is 0 Å². The van der Waals surface area contributed by atoms with Crippen molar-refractivity contribution in [2.24, 2.45) is 0 Å². The number of thiophene rings is 1. The van der Waals surface area contributed by atoms with Crippen molar-refractivity contribution in [3.63, 3.8) is 0 Å². The largest absolute Gasteiger partial charge is 0.503 e. The molecule has 0 fully saturated rings. The van der Waals surface area contributed by atoms with Crippen molar-refractivity contribution in [1.82, 2.24) is 15.2 Å². The number of rotatable bonds is 5. The van der Waals surface area contributed by atoms with E-state index in [1.54, 1.807) is 42.0 Å². The maximum Gasteiger partial charge on any atom is 0.296 e. The van der Waals surface area contributed by atoms with Crippen LogP contribution in [0.2, 0.25) is 0 Å². The minimum absolute atomic E-state index is 0.0294. The van der Waals surface area contributed by atoms with E-state index in [-0.39, 0.29) is 17.3 Å². The highest BCUT2D eigenvalue weighted by molar-refractivity contribution is 7.15. The van der Waals surface area contributed by atoms with E-state index in [1.165, 1.54) is 27.6 Å². The molecule has 0 unspecified atom stereocenters. The van der Waals surface area contributed by atoms with Crippen LogP contribution in [0.4, 0.5) is 5.13 Å². The van der Waals surface area contributed by atoms with Gasteiger partial charge in [0.2, 0.25) is 10.9 Å². The second kappa shape index (κ2) is 7.25. The molecule has 1 aliphatic heterocycles. The number of Topliss-reactive ketones (excluding diaryl/α,β-unsaturated/α-hetero) is 1. The van der Waals surface area contributed by atoms with Crippen molar-refractivity contribution in [1.29, 1.82) is 0 Å². The molecule has 9 heteroatoms. The fourth-order valence-electron chi connectivity index (χ4n) is 2.99. The number of carbonyl (C=O) groups is 2. The minimum Gasteiger partial charge on any atom is -0.503 e. The molecule has 7 nitrogen and oxygen atoms in total. The van der Waals surface area contributed by atoms with E-state index in [9.17, 15) is 14.7 Å². The molecule has 0 aliphatic carbocycles. The third-order valence-electron chi connectivity index (χ3n) is 4.33. The third kappa shape index (κ3) is 3.02. The lowest BCUT2D eigenvalue weighted by Crippen LogP contribution is -2.31. The van der Waals surface area contributed by atoms with Gasteiger partial charge in [-0.3, -0.25) is 19.5 Å². The number of carbonyl (C=O) groups excluding carboxylic acids is 2. The first-order valence-electron chi connectivity index (χ1n) is 8.57. The Balaban J connectivity index is 1.85. The predicted molar refractivity (Wildman–Crippen MR) is 107 cm³/mol. The van der Waals surface area contributed by atoms with Gasteiger partial charge in [-0.15, -0.1) is 21.5 Å². The Morgan fingerprint density at radius 2 is 2.07 bits per heavy atom. The summed E-state index contributed by atoms with van der Waals surface area (Å²) >= 11 is 2.53. The Labute approximate surface area is 169 Å². The van der Waals surface area contributed by atoms with Crippen LogP contribution in [-0.2, 0) is 4.79 Å². The summed E-state index contributed by atoms with van der Waals surface area (Å²) in [4.78, 5) is 31.9. The monoisotopic (exact) mass is 412 g/mol. The highest BCUT2D eigenvalue weighted by Gasteiger charge is 2.46. The van der Waals surface area contributed by atoms with Crippen LogP contribution in [0.1, 0.15) is 46.0 Å². The van der Waals surface area contributed by atoms with Crippen LogP contribution in [0.25, 0.3) is 0 Å². The van der Waals surface area contributed by atoms with E-state index in [0.717, 1.165) is 5.01 Å². The number of anilines is 1. The van der Waals surface area contributed by atoms with Gasteiger partial charge in [0.15, 0.2) is 5.76 Å². The molecule has 3 aromatic heterocycles. The summed E-state index contributed by atoms with van der Waals surface area (Å²) in [6.45, 7) is 3.96. The van der Waals surface area contributed by atoms with Gasteiger partial charge in [-0.05, 0) is 23.1 Å². The number of aliphatic hydroxyl groups is 1. The number of pyridine rings is 1. The molecular weight excluding hydrogens is 396 g/mol. The minimum atomic E-state index is -0.816. The molecule has 142 valence electrons. The summed E-state index contributed by atoms with van der Waals surface area (Å²) in [7, 11) is 0. The zero-order valence-corrected chi connectivity index (χ0v) is 16.7. The first-order chi connectivity index (χ1) is 13.5. The molecule has 0 saturated heterocycles. The number of amides is 1. The standard InChI is InChI=1S/C19H16N4O3S2/c1-10(2)17-21-22-19(28-17)23-14(11-5-3-7-20-9-11)13(16(25)18(23)26)15(24)12-6-4-8-27-12/h3-10,14,25H,1-2H3/t14-/m1/s1. The predicted octanol–water partition coefficient (Wildman–Crippen LogP) is 3.90. The van der Waals surface area contributed by atoms with E-state index < -0.39 is 17.7 Å². The van der Waals surface area contributed by atoms with Crippen LogP contribution < -0.4 is 4.90 Å². The van der Waals surface area contributed by atoms with Gasteiger partial charge in [0.1, 0.15) is 5.01 Å². The molecule has 0 bridgehead atoms. The molecule has 0 spiro atoms. The van der Waals surface area contributed by atoms with Gasteiger partial charge in [-0.2, -0.15) is 0 Å². The second-order valence-electron chi connectivity index (χ2n) is 6.51. The van der Waals surface area contributed by atoms with E-state index in [1.807, 2.05) is 13.8 Å². The Kier molecular flexibility index (Phi) is 4.78. The van der Waals surface area contributed by atoms with Crippen LogP contribution in [0.5, 0.6) is 0 Å². The first kappa shape index (κ1) is 18.5. The SMILES string of the molecule is CC(C)c1nnc(N2C(=O)C(O)=C(C(=O)c3cccs3)[C@H]2c2cccnc2)s1. The lowest BCUT2D eigenvalue weighted by Gasteiger charge is -2.23. The fraction of sp³-hybridized carbons (Fsp3) is 0.211. The van der Waals surface area contributed by atoms with Gasteiger partial charge in [0.05, 0.1) is 16.5 Å². The molecule has 1 amide bonds. The molecule has 4 heterocycles. The summed E-state index contributed by atoms with van der Waals surface area (Å²) in [5.41, 5.74) is 0.642. The van der Waals surface area contributed by atoms with Gasteiger partial charge >= 0.3 is 0 Å². The molecule has 1 aliphatic rings. The average Bonchev–Trinajstić information content (AvgIpc) is 3.43. The quantitative estimate of drug-likeness (QED) is 0.639. The van der Waals surface area contributed by atoms with Crippen LogP contribution in [0, 0.1) is 0 Å². The van der Waals surface area contributed by atoms with E-state index in [0.29, 0.717) is 15.6 Å². The molecular formula is C19H16N4O3S2. The zero-order valence-electron chi connectivity index (χ0n) is 15.1. The lowest BCUT2D eigenvalue weighted by atomic mass is 9.97. The van der Waals surface area contributed by atoms with Gasteiger partial charge in [0.25, 0.3) is 5.91 Å². The number of aliphatic hydroxyl groups excluding tert-OH is 1. The Hall–Kier alpha value is -2.91. The second-order valence-corrected chi connectivity index (χ2v) is 8.45. The number of aromatic nitrogens is 3. The summed E-state index contributed by atoms with van der Waals surface area (Å²) < 4.78 is 0. The van der Waals surface area contributed by atoms with Crippen molar-refractivity contribution in [3.8, 4) is 0 Å². The van der Waals surface area contributed by atoms with Gasteiger partial charge in [-0.25, -0.2) is 0 Å². The molecule has 1 atom stereocenters. The van der Waals surface area contributed by atoms with Gasteiger partial charge in [-0.1, -0.05) is 37.3 Å². The van der Waals surface area contributed by atoms with Crippen LogP contribution >= 0.6 is 22.7 Å². The van der Waals surface area contributed by atoms with Gasteiger partial charge in [0, 0.05) is 18.3 Å². The smallest absolute Gasteiger partial charge is 0.296 e. The van der Waals surface area contributed by atoms with Crippen LogP contribution in [-0.4, -0.2) is 32.0 Å². The number of ketones is 1. The Morgan fingerprint density at radius 3 is 2.68 bits per heavy atom. The maximum absolute atomic E-state index is 13.1. The zero-order chi connectivity index (χ0) is 19.8. The van der Waals surface area contributed by atoms with Crippen molar-refractivity contribution < 1.29 is 14.7 Å². The highest BCUT2D eigenvalue weighted by atomic mass is 32.1. The number of hydrogen-bond acceptors (Lipinski definition) is 8. The Morgan fingerprint density at radius 1 is 1.25 bits per heavy atom. The summed E-state index contributed by atoms with van der Waals surface area (Å²) in [5.74, 6) is -1.46. The normalized spacial score (nSPS) is 17.0. The molecule has 1 N–H and O–H groups in total. The highest BCUT2D eigenvalue weighted by Crippen LogP contribution is 2.43. The van der Waals surface area contributed by atoms with Crippen molar-refractivity contribution >= 4 is 39.5 Å². The van der Waals surface area contributed by atoms with E-state index in [2.05, 4.69) is 15.2 Å². The molecule has 0 saturated carbocycles. The lowest BCUT2D eigenvalue weighted by molar-refractivity contribution is -0.117. The molecule has 0 radical (unpaired) electrons. The fourth-order valence-corrected chi connectivity index (χ4v) is 4.54. The van der Waals surface area contributed by atoms with Crippen molar-refractivity contribution in [3.05, 3.63) is 68.8 Å². The van der Waals surface area contributed by atoms with Crippen molar-refractivity contribution in [2.75, 3.05) is 4.90 Å². The number of nitrogens with zero attached hydrogens (tertiary/aromatic N) is 4. The third-order valence-corrected chi connectivity index (χ3v) is 6.42. The summed E-state index contributed by atoms with van der Waals surface area (Å²) in [6, 6.07) is 6.09. The average molecular weight is 412 g/mol. The first-order valence-corrected chi connectivity index (χ1v) is 10.3. The maximum atomic E-state index is 13.1. The van der Waals surface area contributed by atoms with Crippen LogP contribution in [0.15, 0.2) is 53.4 Å². The molecule has 4 rings (SSSR count). The molecule has 0 aromatic carbocycles. The molecule has 3 aromatic rings. The molecule has 28 heavy (non-hydrogen) atoms. The van der Waals surface area contributed by atoms with Crippen molar-refractivity contribution in [2.45, 2.75) is 25.8 Å². The summed E-state index contributed by atoms with van der Waals surface area (Å²) in [6.07, 6.45) is 3.19. The Bertz CT molecular complexity index is 1060. The summed E-state index contributed by atoms with van der Waals surface area (Å²) in [5, 5.41) is 21.8. The van der Waals surface area contributed by atoms with Gasteiger partial charge < -0.3 is 5.11 Å². The topological polar surface area (TPSA) is 96.3 Å². The number of hydrogen-bond donors (Lipinski definition) is 1.